The molecule has 1 N–H and O–H groups in total. The SMILES string of the molecule is Cc1nn(-c2ccccc2)c(C)c1NC(=O)COC(=O)Cc1cccc([N+](=O)[O-])c1. The number of hydrogen-bond acceptors (Lipinski definition) is 6. The summed E-state index contributed by atoms with van der Waals surface area (Å²) < 4.78 is 6.72. The summed E-state index contributed by atoms with van der Waals surface area (Å²) >= 11 is 0. The predicted molar refractivity (Wildman–Crippen MR) is 109 cm³/mol. The van der Waals surface area contributed by atoms with Crippen molar-refractivity contribution in [1.29, 1.82) is 0 Å². The van der Waals surface area contributed by atoms with E-state index in [-0.39, 0.29) is 12.1 Å². The van der Waals surface area contributed by atoms with Crippen molar-refractivity contribution in [2.75, 3.05) is 11.9 Å². The number of para-hydroxylation sites is 1. The molecule has 154 valence electrons. The molecule has 0 fully saturated rings. The number of rotatable bonds is 7. The number of benzene rings is 2. The number of nitrogens with zero attached hydrogens (tertiary/aromatic N) is 3. The highest BCUT2D eigenvalue weighted by molar-refractivity contribution is 5.94. The monoisotopic (exact) mass is 408 g/mol. The molecule has 30 heavy (non-hydrogen) atoms. The quantitative estimate of drug-likeness (QED) is 0.365. The fourth-order valence-corrected chi connectivity index (χ4v) is 2.96. The van der Waals surface area contributed by atoms with Crippen LogP contribution < -0.4 is 5.32 Å². The Labute approximate surface area is 172 Å². The van der Waals surface area contributed by atoms with Crippen molar-refractivity contribution in [1.82, 2.24) is 9.78 Å². The molecule has 0 saturated carbocycles. The van der Waals surface area contributed by atoms with Crippen molar-refractivity contribution in [3.63, 3.8) is 0 Å². The Morgan fingerprint density at radius 2 is 1.87 bits per heavy atom. The minimum Gasteiger partial charge on any atom is -0.455 e. The lowest BCUT2D eigenvalue weighted by Gasteiger charge is -2.08. The Morgan fingerprint density at radius 1 is 1.13 bits per heavy atom. The van der Waals surface area contributed by atoms with E-state index in [0.29, 0.717) is 16.9 Å². The zero-order valence-electron chi connectivity index (χ0n) is 16.5. The van der Waals surface area contributed by atoms with Gasteiger partial charge in [-0.3, -0.25) is 19.7 Å². The lowest BCUT2D eigenvalue weighted by molar-refractivity contribution is -0.384. The number of anilines is 1. The smallest absolute Gasteiger partial charge is 0.310 e. The Morgan fingerprint density at radius 3 is 2.57 bits per heavy atom. The van der Waals surface area contributed by atoms with Crippen LogP contribution in [0.1, 0.15) is 17.0 Å². The summed E-state index contributed by atoms with van der Waals surface area (Å²) in [6.45, 7) is 3.14. The van der Waals surface area contributed by atoms with Gasteiger partial charge in [-0.05, 0) is 31.5 Å². The number of carbonyl (C=O) groups excluding carboxylic acids is 2. The second-order valence-electron chi connectivity index (χ2n) is 6.61. The van der Waals surface area contributed by atoms with Gasteiger partial charge in [0, 0.05) is 12.1 Å². The molecular formula is C21H20N4O5. The first kappa shape index (κ1) is 20.7. The number of ether oxygens (including phenoxy) is 1. The van der Waals surface area contributed by atoms with E-state index < -0.39 is 23.4 Å². The normalized spacial score (nSPS) is 10.5. The molecule has 2 aromatic carbocycles. The number of nitro groups is 1. The lowest BCUT2D eigenvalue weighted by atomic mass is 10.1. The average molecular weight is 408 g/mol. The molecule has 3 aromatic rings. The number of non-ortho nitro benzene ring substituents is 1. The van der Waals surface area contributed by atoms with Crippen LogP contribution in [-0.4, -0.2) is 33.2 Å². The molecular weight excluding hydrogens is 388 g/mol. The van der Waals surface area contributed by atoms with Crippen LogP contribution in [0.2, 0.25) is 0 Å². The standard InChI is InChI=1S/C21H20N4O5/c1-14-21(15(2)24(23-14)17-8-4-3-5-9-17)22-19(26)13-30-20(27)12-16-7-6-10-18(11-16)25(28)29/h3-11H,12-13H2,1-2H3,(H,22,26). The zero-order valence-corrected chi connectivity index (χ0v) is 16.5. The summed E-state index contributed by atoms with van der Waals surface area (Å²) in [5, 5.41) is 18.0. The van der Waals surface area contributed by atoms with E-state index in [1.54, 1.807) is 17.7 Å². The summed E-state index contributed by atoms with van der Waals surface area (Å²) in [7, 11) is 0. The molecule has 1 heterocycles. The minimum atomic E-state index is -0.654. The van der Waals surface area contributed by atoms with Gasteiger partial charge in [-0.25, -0.2) is 4.68 Å². The Bertz CT molecular complexity index is 1090. The summed E-state index contributed by atoms with van der Waals surface area (Å²) in [5.41, 5.74) is 3.12. The average Bonchev–Trinajstić information content (AvgIpc) is 3.01. The fraction of sp³-hybridized carbons (Fsp3) is 0.190. The molecule has 9 heteroatoms. The molecule has 0 aliphatic rings. The van der Waals surface area contributed by atoms with Gasteiger partial charge in [0.1, 0.15) is 0 Å². The van der Waals surface area contributed by atoms with Gasteiger partial charge in [-0.15, -0.1) is 0 Å². The molecule has 0 unspecified atom stereocenters. The van der Waals surface area contributed by atoms with Gasteiger partial charge in [0.2, 0.25) is 0 Å². The van der Waals surface area contributed by atoms with E-state index in [4.69, 9.17) is 4.74 Å². The van der Waals surface area contributed by atoms with E-state index in [1.807, 2.05) is 37.3 Å². The van der Waals surface area contributed by atoms with Crippen LogP contribution in [0, 0.1) is 24.0 Å². The molecule has 0 aliphatic heterocycles. The summed E-state index contributed by atoms with van der Waals surface area (Å²) in [5.74, 6) is -1.15. The molecule has 0 bridgehead atoms. The van der Waals surface area contributed by atoms with Crippen LogP contribution >= 0.6 is 0 Å². The van der Waals surface area contributed by atoms with Crippen LogP contribution in [0.4, 0.5) is 11.4 Å². The Hall–Kier alpha value is -4.01. The zero-order chi connectivity index (χ0) is 21.7. The molecule has 3 rings (SSSR count). The van der Waals surface area contributed by atoms with Gasteiger partial charge in [-0.2, -0.15) is 5.10 Å². The first-order chi connectivity index (χ1) is 14.3. The molecule has 0 radical (unpaired) electrons. The number of nitrogens with one attached hydrogen (secondary N) is 1. The molecule has 0 spiro atoms. The highest BCUT2D eigenvalue weighted by Crippen LogP contribution is 2.22. The predicted octanol–water partition coefficient (Wildman–Crippen LogP) is 3.12. The van der Waals surface area contributed by atoms with Gasteiger partial charge >= 0.3 is 5.97 Å². The number of aromatic nitrogens is 2. The number of hydrogen-bond donors (Lipinski definition) is 1. The number of amides is 1. The van der Waals surface area contributed by atoms with Crippen molar-refractivity contribution in [2.24, 2.45) is 0 Å². The Balaban J connectivity index is 1.59. The molecule has 0 atom stereocenters. The molecule has 9 nitrogen and oxygen atoms in total. The lowest BCUT2D eigenvalue weighted by Crippen LogP contribution is -2.22. The fourth-order valence-electron chi connectivity index (χ4n) is 2.96. The van der Waals surface area contributed by atoms with Crippen LogP contribution in [0.5, 0.6) is 0 Å². The third-order valence-corrected chi connectivity index (χ3v) is 4.39. The number of esters is 1. The van der Waals surface area contributed by atoms with Crippen LogP contribution in [0.3, 0.4) is 0 Å². The summed E-state index contributed by atoms with van der Waals surface area (Å²) in [6.07, 6.45) is -0.168. The molecule has 1 amide bonds. The molecule has 0 saturated heterocycles. The second-order valence-corrected chi connectivity index (χ2v) is 6.61. The highest BCUT2D eigenvalue weighted by atomic mass is 16.6. The number of nitro benzene ring substituents is 1. The number of aryl methyl sites for hydroxylation is 1. The second kappa shape index (κ2) is 8.99. The van der Waals surface area contributed by atoms with E-state index in [2.05, 4.69) is 10.4 Å². The largest absolute Gasteiger partial charge is 0.455 e. The summed E-state index contributed by atoms with van der Waals surface area (Å²) in [4.78, 5) is 34.5. The third kappa shape index (κ3) is 4.88. The van der Waals surface area contributed by atoms with Crippen molar-refractivity contribution >= 4 is 23.3 Å². The Kier molecular flexibility index (Phi) is 6.21. The van der Waals surface area contributed by atoms with E-state index in [1.165, 1.54) is 18.2 Å². The molecule has 0 aliphatic carbocycles. The van der Waals surface area contributed by atoms with E-state index >= 15 is 0 Å². The first-order valence-electron chi connectivity index (χ1n) is 9.15. The topological polar surface area (TPSA) is 116 Å². The maximum Gasteiger partial charge on any atom is 0.310 e. The van der Waals surface area contributed by atoms with Crippen molar-refractivity contribution < 1.29 is 19.2 Å². The molecule has 1 aromatic heterocycles. The van der Waals surface area contributed by atoms with Gasteiger partial charge in [0.25, 0.3) is 11.6 Å². The van der Waals surface area contributed by atoms with Gasteiger partial charge in [-0.1, -0.05) is 30.3 Å². The summed E-state index contributed by atoms with van der Waals surface area (Å²) in [6, 6.07) is 15.2. The highest BCUT2D eigenvalue weighted by Gasteiger charge is 2.17. The maximum absolute atomic E-state index is 12.2. The van der Waals surface area contributed by atoms with E-state index in [0.717, 1.165) is 11.4 Å². The minimum absolute atomic E-state index is 0.112. The van der Waals surface area contributed by atoms with Crippen molar-refractivity contribution in [3.8, 4) is 5.69 Å². The first-order valence-corrected chi connectivity index (χ1v) is 9.15. The van der Waals surface area contributed by atoms with Gasteiger partial charge in [0.15, 0.2) is 6.61 Å². The number of carbonyl (C=O) groups is 2. The van der Waals surface area contributed by atoms with Gasteiger partial charge in [0.05, 0.1) is 34.1 Å². The van der Waals surface area contributed by atoms with Crippen LogP contribution in [-0.2, 0) is 20.7 Å². The van der Waals surface area contributed by atoms with Gasteiger partial charge < -0.3 is 10.1 Å². The van der Waals surface area contributed by atoms with Crippen LogP contribution in [0.15, 0.2) is 54.6 Å². The van der Waals surface area contributed by atoms with Crippen molar-refractivity contribution in [3.05, 3.63) is 81.7 Å². The third-order valence-electron chi connectivity index (χ3n) is 4.39. The van der Waals surface area contributed by atoms with E-state index in [9.17, 15) is 19.7 Å². The van der Waals surface area contributed by atoms with Crippen LogP contribution in [0.25, 0.3) is 5.69 Å². The maximum atomic E-state index is 12.2. The van der Waals surface area contributed by atoms with Crippen molar-refractivity contribution in [2.45, 2.75) is 20.3 Å².